The number of aromatic nitrogens is 4. The van der Waals surface area contributed by atoms with Crippen molar-refractivity contribution in [1.82, 2.24) is 24.3 Å². The van der Waals surface area contributed by atoms with Crippen LogP contribution in [0.4, 0.5) is 11.5 Å². The molecule has 0 spiro atoms. The molecule has 0 bridgehead atoms. The van der Waals surface area contributed by atoms with Crippen LogP contribution >= 0.6 is 0 Å². The fourth-order valence-corrected chi connectivity index (χ4v) is 4.38. The van der Waals surface area contributed by atoms with Crippen LogP contribution in [0, 0.1) is 6.92 Å². The lowest BCUT2D eigenvalue weighted by molar-refractivity contribution is -0.131. The molecule has 7 heteroatoms. The molecule has 5 rings (SSSR count). The van der Waals surface area contributed by atoms with Gasteiger partial charge in [-0.1, -0.05) is 12.1 Å². The van der Waals surface area contributed by atoms with Gasteiger partial charge in [-0.25, -0.2) is 9.97 Å². The molecular formula is C25H26N6O. The van der Waals surface area contributed by atoms with Gasteiger partial charge in [0.25, 0.3) is 0 Å². The van der Waals surface area contributed by atoms with Crippen LogP contribution in [0.25, 0.3) is 5.65 Å². The Balaban J connectivity index is 1.26. The molecule has 0 radical (unpaired) electrons. The number of hydrogen-bond acceptors (Lipinski definition) is 5. The van der Waals surface area contributed by atoms with E-state index in [1.807, 2.05) is 71.1 Å². The van der Waals surface area contributed by atoms with Crippen LogP contribution in [0.15, 0.2) is 67.1 Å². The van der Waals surface area contributed by atoms with Gasteiger partial charge >= 0.3 is 0 Å². The van der Waals surface area contributed by atoms with Crippen molar-refractivity contribution in [3.63, 3.8) is 0 Å². The molecule has 1 aliphatic heterocycles. The molecule has 4 aromatic heterocycles. The summed E-state index contributed by atoms with van der Waals surface area (Å²) in [5, 5.41) is 3.26. The van der Waals surface area contributed by atoms with E-state index in [0.717, 1.165) is 53.6 Å². The van der Waals surface area contributed by atoms with Crippen LogP contribution < -0.4 is 5.32 Å². The molecule has 1 atom stereocenters. The van der Waals surface area contributed by atoms with E-state index in [0.29, 0.717) is 13.0 Å². The molecule has 162 valence electrons. The Hall–Kier alpha value is -3.74. The smallest absolute Gasteiger partial charge is 0.228 e. The summed E-state index contributed by atoms with van der Waals surface area (Å²) in [6.07, 6.45) is 7.96. The number of carbonyl (C=O) groups is 1. The summed E-state index contributed by atoms with van der Waals surface area (Å²) in [4.78, 5) is 28.7. The third-order valence-electron chi connectivity index (χ3n) is 6.06. The minimum Gasteiger partial charge on any atom is -0.342 e. The predicted molar refractivity (Wildman–Crippen MR) is 124 cm³/mol. The number of nitrogens with one attached hydrogen (secondary N) is 1. The lowest BCUT2D eigenvalue weighted by atomic mass is 9.94. The number of hydrogen-bond donors (Lipinski definition) is 1. The number of anilines is 2. The van der Waals surface area contributed by atoms with E-state index >= 15 is 0 Å². The summed E-state index contributed by atoms with van der Waals surface area (Å²) < 4.78 is 2.02. The molecule has 0 aliphatic carbocycles. The van der Waals surface area contributed by atoms with Crippen LogP contribution in [0.1, 0.15) is 35.8 Å². The Morgan fingerprint density at radius 2 is 2.03 bits per heavy atom. The zero-order valence-electron chi connectivity index (χ0n) is 18.1. The maximum Gasteiger partial charge on any atom is 0.228 e. The Kier molecular flexibility index (Phi) is 5.54. The van der Waals surface area contributed by atoms with Gasteiger partial charge in [-0.05, 0) is 56.2 Å². The van der Waals surface area contributed by atoms with Gasteiger partial charge in [0.2, 0.25) is 5.91 Å². The average molecular weight is 427 g/mol. The van der Waals surface area contributed by atoms with Gasteiger partial charge in [0.15, 0.2) is 0 Å². The van der Waals surface area contributed by atoms with Gasteiger partial charge in [-0.2, -0.15) is 0 Å². The van der Waals surface area contributed by atoms with Crippen LogP contribution in [-0.2, 0) is 11.2 Å². The van der Waals surface area contributed by atoms with E-state index in [9.17, 15) is 4.79 Å². The van der Waals surface area contributed by atoms with E-state index in [4.69, 9.17) is 0 Å². The molecule has 0 aromatic carbocycles. The summed E-state index contributed by atoms with van der Waals surface area (Å²) in [5.41, 5.74) is 4.69. The summed E-state index contributed by atoms with van der Waals surface area (Å²) in [6, 6.07) is 15.7. The highest BCUT2D eigenvalue weighted by Gasteiger charge is 2.26. The van der Waals surface area contributed by atoms with Crippen molar-refractivity contribution in [2.45, 2.75) is 32.1 Å². The summed E-state index contributed by atoms with van der Waals surface area (Å²) in [7, 11) is 0. The molecule has 1 amide bonds. The molecule has 1 aliphatic rings. The number of nitrogens with zero attached hydrogens (tertiary/aromatic N) is 5. The first-order valence-electron chi connectivity index (χ1n) is 11.0. The summed E-state index contributed by atoms with van der Waals surface area (Å²) in [5.74, 6) is 1.19. The van der Waals surface area contributed by atoms with Gasteiger partial charge in [0.05, 0.1) is 29.7 Å². The lowest BCUT2D eigenvalue weighted by Gasteiger charge is -2.32. The zero-order chi connectivity index (χ0) is 21.9. The zero-order valence-corrected chi connectivity index (χ0v) is 18.1. The minimum absolute atomic E-state index is 0.150. The molecule has 0 saturated carbocycles. The quantitative estimate of drug-likeness (QED) is 0.519. The van der Waals surface area contributed by atoms with E-state index in [-0.39, 0.29) is 11.8 Å². The highest BCUT2D eigenvalue weighted by Crippen LogP contribution is 2.27. The maximum absolute atomic E-state index is 13.1. The minimum atomic E-state index is 0.150. The first-order chi connectivity index (χ1) is 15.7. The van der Waals surface area contributed by atoms with Crippen LogP contribution in [0.3, 0.4) is 0 Å². The average Bonchev–Trinajstić information content (AvgIpc) is 3.15. The number of aryl methyl sites for hydroxylation is 1. The van der Waals surface area contributed by atoms with Gasteiger partial charge in [0, 0.05) is 37.1 Å². The van der Waals surface area contributed by atoms with Crippen LogP contribution in [-0.4, -0.2) is 43.2 Å². The Morgan fingerprint density at radius 1 is 1.12 bits per heavy atom. The van der Waals surface area contributed by atoms with E-state index in [1.54, 1.807) is 6.20 Å². The highest BCUT2D eigenvalue weighted by molar-refractivity contribution is 5.79. The van der Waals surface area contributed by atoms with Gasteiger partial charge in [-0.3, -0.25) is 9.78 Å². The number of imidazole rings is 1. The summed E-state index contributed by atoms with van der Waals surface area (Å²) >= 11 is 0. The normalized spacial score (nSPS) is 16.3. The first-order valence-corrected chi connectivity index (χ1v) is 11.0. The molecule has 4 aromatic rings. The molecule has 5 heterocycles. The molecular weight excluding hydrogens is 400 g/mol. The third kappa shape index (κ3) is 4.19. The highest BCUT2D eigenvalue weighted by atomic mass is 16.2. The van der Waals surface area contributed by atoms with Gasteiger partial charge in [0.1, 0.15) is 11.5 Å². The molecule has 32 heavy (non-hydrogen) atoms. The van der Waals surface area contributed by atoms with Crippen molar-refractivity contribution in [1.29, 1.82) is 0 Å². The van der Waals surface area contributed by atoms with Gasteiger partial charge < -0.3 is 14.6 Å². The number of amides is 1. The number of pyridine rings is 3. The molecule has 1 saturated heterocycles. The topological polar surface area (TPSA) is 75.4 Å². The monoisotopic (exact) mass is 426 g/mol. The second-order valence-corrected chi connectivity index (χ2v) is 8.24. The Labute approximate surface area is 187 Å². The molecule has 1 fully saturated rings. The second-order valence-electron chi connectivity index (χ2n) is 8.24. The Morgan fingerprint density at radius 3 is 2.84 bits per heavy atom. The maximum atomic E-state index is 13.1. The number of piperidine rings is 1. The van der Waals surface area contributed by atoms with E-state index in [2.05, 4.69) is 26.3 Å². The molecule has 0 unspecified atom stereocenters. The predicted octanol–water partition coefficient (Wildman–Crippen LogP) is 4.13. The number of fused-ring (bicyclic) bond motifs is 1. The SMILES string of the molecule is Cc1nc2ccccn2c1CC(=O)N1CCC[C@@H](c2ccc(Nc3ccccn3)cn2)C1. The third-order valence-corrected chi connectivity index (χ3v) is 6.06. The van der Waals surface area contributed by atoms with Gasteiger partial charge in [-0.15, -0.1) is 0 Å². The van der Waals surface area contributed by atoms with Crippen molar-refractivity contribution >= 4 is 23.1 Å². The molecule has 7 nitrogen and oxygen atoms in total. The Bertz CT molecular complexity index is 1220. The summed E-state index contributed by atoms with van der Waals surface area (Å²) in [6.45, 7) is 3.47. The number of carbonyl (C=O) groups excluding carboxylic acids is 1. The molecule has 1 N–H and O–H groups in total. The van der Waals surface area contributed by atoms with E-state index in [1.165, 1.54) is 0 Å². The standard InChI is InChI=1S/C25H26N6O/c1-18-22(31-14-5-3-9-24(31)28-18)15-25(32)30-13-6-7-19(17-30)21-11-10-20(16-27-21)29-23-8-2-4-12-26-23/h2-5,8-12,14,16,19H,6-7,13,15,17H2,1H3,(H,26,29)/t19-/m1/s1. The van der Waals surface area contributed by atoms with Crippen LogP contribution in [0.5, 0.6) is 0 Å². The largest absolute Gasteiger partial charge is 0.342 e. The number of likely N-dealkylation sites (tertiary alicyclic amines) is 1. The van der Waals surface area contributed by atoms with Crippen molar-refractivity contribution in [3.05, 3.63) is 84.2 Å². The second kappa shape index (κ2) is 8.78. The first kappa shape index (κ1) is 20.2. The number of rotatable bonds is 5. The van der Waals surface area contributed by atoms with Crippen LogP contribution in [0.2, 0.25) is 0 Å². The lowest BCUT2D eigenvalue weighted by Crippen LogP contribution is -2.40. The fourth-order valence-electron chi connectivity index (χ4n) is 4.38. The van der Waals surface area contributed by atoms with E-state index < -0.39 is 0 Å². The van der Waals surface area contributed by atoms with Crippen molar-refractivity contribution in [2.75, 3.05) is 18.4 Å². The van der Waals surface area contributed by atoms with Crippen molar-refractivity contribution in [3.8, 4) is 0 Å². The van der Waals surface area contributed by atoms with Crippen molar-refractivity contribution in [2.24, 2.45) is 0 Å². The fraction of sp³-hybridized carbons (Fsp3) is 0.280. The van der Waals surface area contributed by atoms with Crippen molar-refractivity contribution < 1.29 is 4.79 Å².